The van der Waals surface area contributed by atoms with Gasteiger partial charge in [0.25, 0.3) is 5.69 Å². The zero-order valence-electron chi connectivity index (χ0n) is 10.6. The van der Waals surface area contributed by atoms with E-state index in [-0.39, 0.29) is 5.69 Å². The number of methoxy groups -OCH3 is 1. The Kier molecular flexibility index (Phi) is 3.85. The highest BCUT2D eigenvalue weighted by atomic mass is 35.5. The molecule has 0 spiro atoms. The van der Waals surface area contributed by atoms with E-state index in [0.29, 0.717) is 21.8 Å². The number of aryl methyl sites for hydroxylation is 1. The lowest BCUT2D eigenvalue weighted by atomic mass is 10.1. The maximum atomic E-state index is 10.9. The van der Waals surface area contributed by atoms with Crippen LogP contribution >= 0.6 is 11.6 Å². The van der Waals surface area contributed by atoms with Crippen molar-refractivity contribution >= 4 is 28.2 Å². The minimum Gasteiger partial charge on any atom is -0.494 e. The van der Waals surface area contributed by atoms with Crippen molar-refractivity contribution in [1.82, 2.24) is 4.98 Å². The molecule has 5 nitrogen and oxygen atoms in total. The molecule has 6 heteroatoms. The maximum Gasteiger partial charge on any atom is 0.273 e. The van der Waals surface area contributed by atoms with Crippen molar-refractivity contribution in [3.8, 4) is 5.75 Å². The minimum atomic E-state index is -0.448. The highest BCUT2D eigenvalue weighted by Crippen LogP contribution is 2.32. The lowest BCUT2D eigenvalue weighted by molar-refractivity contribution is -0.384. The van der Waals surface area contributed by atoms with Gasteiger partial charge < -0.3 is 4.74 Å². The summed E-state index contributed by atoms with van der Waals surface area (Å²) in [7, 11) is 1.45. The van der Waals surface area contributed by atoms with Crippen LogP contribution in [0.25, 0.3) is 10.9 Å². The Morgan fingerprint density at radius 1 is 1.42 bits per heavy atom. The monoisotopic (exact) mass is 280 g/mol. The van der Waals surface area contributed by atoms with Crippen LogP contribution in [-0.4, -0.2) is 17.0 Å². The van der Waals surface area contributed by atoms with Gasteiger partial charge in [-0.1, -0.05) is 24.9 Å². The van der Waals surface area contributed by atoms with Gasteiger partial charge in [0.15, 0.2) is 5.75 Å². The Morgan fingerprint density at radius 2 is 2.16 bits per heavy atom. The number of nitro groups is 1. The number of aromatic nitrogens is 1. The molecule has 1 aromatic carbocycles. The smallest absolute Gasteiger partial charge is 0.273 e. The molecule has 0 saturated carbocycles. The summed E-state index contributed by atoms with van der Waals surface area (Å²) >= 11 is 6.11. The number of nitro benzene ring substituents is 1. The van der Waals surface area contributed by atoms with E-state index in [9.17, 15) is 10.1 Å². The molecular formula is C13H13ClN2O3. The third-order valence-corrected chi connectivity index (χ3v) is 3.17. The SMILES string of the molecule is CCCc1cc2cc([N+](=O)[O-])cc(OC)c2nc1Cl. The fraction of sp³-hybridized carbons (Fsp3) is 0.308. The third kappa shape index (κ3) is 2.61. The molecule has 0 amide bonds. The molecule has 1 heterocycles. The van der Waals surface area contributed by atoms with Crippen LogP contribution in [0.5, 0.6) is 5.75 Å². The Morgan fingerprint density at radius 3 is 2.74 bits per heavy atom. The van der Waals surface area contributed by atoms with Gasteiger partial charge >= 0.3 is 0 Å². The van der Waals surface area contributed by atoms with Gasteiger partial charge in [-0.2, -0.15) is 0 Å². The highest BCUT2D eigenvalue weighted by Gasteiger charge is 2.15. The summed E-state index contributed by atoms with van der Waals surface area (Å²) in [5, 5.41) is 12.0. The third-order valence-electron chi connectivity index (χ3n) is 2.84. The Bertz CT molecular complexity index is 643. The Labute approximate surface area is 115 Å². The lowest BCUT2D eigenvalue weighted by Crippen LogP contribution is -1.95. The molecule has 2 rings (SSSR count). The second kappa shape index (κ2) is 5.40. The van der Waals surface area contributed by atoms with E-state index in [0.717, 1.165) is 18.4 Å². The van der Waals surface area contributed by atoms with Crippen LogP contribution in [-0.2, 0) is 6.42 Å². The molecule has 19 heavy (non-hydrogen) atoms. The van der Waals surface area contributed by atoms with Crippen LogP contribution in [0, 0.1) is 10.1 Å². The van der Waals surface area contributed by atoms with Crippen LogP contribution in [0.4, 0.5) is 5.69 Å². The van der Waals surface area contributed by atoms with E-state index in [1.165, 1.54) is 19.2 Å². The Hall–Kier alpha value is -1.88. The van der Waals surface area contributed by atoms with Gasteiger partial charge in [-0.05, 0) is 18.1 Å². The molecule has 1 aromatic heterocycles. The molecule has 0 aliphatic heterocycles. The summed E-state index contributed by atoms with van der Waals surface area (Å²) in [4.78, 5) is 14.7. The normalized spacial score (nSPS) is 10.7. The van der Waals surface area contributed by atoms with Crippen molar-refractivity contribution < 1.29 is 9.66 Å². The van der Waals surface area contributed by atoms with Gasteiger partial charge in [0, 0.05) is 11.5 Å². The van der Waals surface area contributed by atoms with Crippen molar-refractivity contribution in [1.29, 1.82) is 0 Å². The predicted molar refractivity (Wildman–Crippen MR) is 74.0 cm³/mol. The molecule has 2 aromatic rings. The maximum absolute atomic E-state index is 10.9. The van der Waals surface area contributed by atoms with Crippen LogP contribution in [0.2, 0.25) is 5.15 Å². The van der Waals surface area contributed by atoms with Gasteiger partial charge in [0.05, 0.1) is 18.1 Å². The molecular weight excluding hydrogens is 268 g/mol. The first-order valence-electron chi connectivity index (χ1n) is 5.88. The highest BCUT2D eigenvalue weighted by molar-refractivity contribution is 6.30. The number of rotatable bonds is 4. The van der Waals surface area contributed by atoms with Crippen LogP contribution in [0.1, 0.15) is 18.9 Å². The number of fused-ring (bicyclic) bond motifs is 1. The zero-order valence-corrected chi connectivity index (χ0v) is 11.4. The number of benzene rings is 1. The van der Waals surface area contributed by atoms with Gasteiger partial charge in [-0.25, -0.2) is 4.98 Å². The second-order valence-electron chi connectivity index (χ2n) is 4.17. The fourth-order valence-corrected chi connectivity index (χ4v) is 2.20. The first-order valence-corrected chi connectivity index (χ1v) is 6.26. The van der Waals surface area contributed by atoms with Crippen molar-refractivity contribution in [3.05, 3.63) is 39.0 Å². The van der Waals surface area contributed by atoms with Crippen molar-refractivity contribution in [3.63, 3.8) is 0 Å². The summed E-state index contributed by atoms with van der Waals surface area (Å²) in [5.74, 6) is 0.356. The van der Waals surface area contributed by atoms with Crippen LogP contribution in [0.15, 0.2) is 18.2 Å². The topological polar surface area (TPSA) is 65.3 Å². The van der Waals surface area contributed by atoms with E-state index in [1.54, 1.807) is 0 Å². The van der Waals surface area contributed by atoms with Crippen LogP contribution in [0.3, 0.4) is 0 Å². The average molecular weight is 281 g/mol. The standard InChI is InChI=1S/C13H13ClN2O3/c1-3-4-8-5-9-6-10(16(17)18)7-11(19-2)12(9)15-13(8)14/h5-7H,3-4H2,1-2H3. The molecule has 0 N–H and O–H groups in total. The number of nitrogens with zero attached hydrogens (tertiary/aromatic N) is 2. The summed E-state index contributed by atoms with van der Waals surface area (Å²) in [5.41, 5.74) is 1.41. The number of ether oxygens (including phenoxy) is 1. The number of halogens is 1. The minimum absolute atomic E-state index is 0.0177. The van der Waals surface area contributed by atoms with Crippen molar-refractivity contribution in [2.45, 2.75) is 19.8 Å². The predicted octanol–water partition coefficient (Wildman–Crippen LogP) is 3.76. The number of pyridine rings is 1. The van der Waals surface area contributed by atoms with E-state index in [2.05, 4.69) is 4.98 Å². The summed E-state index contributed by atoms with van der Waals surface area (Å²) < 4.78 is 5.15. The lowest BCUT2D eigenvalue weighted by Gasteiger charge is -2.08. The van der Waals surface area contributed by atoms with E-state index in [1.807, 2.05) is 13.0 Å². The number of non-ortho nitro benzene ring substituents is 1. The summed E-state index contributed by atoms with van der Waals surface area (Å²) in [6, 6.07) is 4.68. The zero-order chi connectivity index (χ0) is 14.0. The fourth-order valence-electron chi connectivity index (χ4n) is 1.97. The molecule has 0 bridgehead atoms. The summed E-state index contributed by atoms with van der Waals surface area (Å²) in [6.07, 6.45) is 1.71. The largest absolute Gasteiger partial charge is 0.494 e. The van der Waals surface area contributed by atoms with Crippen molar-refractivity contribution in [2.75, 3.05) is 7.11 Å². The molecule has 100 valence electrons. The molecule has 0 radical (unpaired) electrons. The number of hydrogen-bond donors (Lipinski definition) is 0. The molecule has 0 aliphatic rings. The van der Waals surface area contributed by atoms with Gasteiger partial charge in [0.2, 0.25) is 0 Å². The van der Waals surface area contributed by atoms with E-state index in [4.69, 9.17) is 16.3 Å². The first kappa shape index (κ1) is 13.5. The molecule has 0 aliphatic carbocycles. The Balaban J connectivity index is 2.72. The molecule has 0 unspecified atom stereocenters. The van der Waals surface area contributed by atoms with Crippen molar-refractivity contribution in [2.24, 2.45) is 0 Å². The van der Waals surface area contributed by atoms with Gasteiger partial charge in [-0.3, -0.25) is 10.1 Å². The first-order chi connectivity index (χ1) is 9.06. The van der Waals surface area contributed by atoms with Gasteiger partial charge in [0.1, 0.15) is 10.7 Å². The number of hydrogen-bond acceptors (Lipinski definition) is 4. The second-order valence-corrected chi connectivity index (χ2v) is 4.52. The average Bonchev–Trinajstić information content (AvgIpc) is 2.38. The molecule has 0 saturated heterocycles. The van der Waals surface area contributed by atoms with E-state index >= 15 is 0 Å². The van der Waals surface area contributed by atoms with Gasteiger partial charge in [-0.15, -0.1) is 0 Å². The molecule has 0 atom stereocenters. The van der Waals surface area contributed by atoms with Crippen LogP contribution < -0.4 is 4.74 Å². The summed E-state index contributed by atoms with van der Waals surface area (Å²) in [6.45, 7) is 2.04. The molecule has 0 fully saturated rings. The van der Waals surface area contributed by atoms with E-state index < -0.39 is 4.92 Å². The quantitative estimate of drug-likeness (QED) is 0.486.